The van der Waals surface area contributed by atoms with Gasteiger partial charge in [-0.05, 0) is 24.6 Å². The van der Waals surface area contributed by atoms with Crippen LogP contribution in [0.4, 0.5) is 0 Å². The van der Waals surface area contributed by atoms with Gasteiger partial charge in [-0.15, -0.1) is 0 Å². The summed E-state index contributed by atoms with van der Waals surface area (Å²) in [5, 5.41) is 10.3. The van der Waals surface area contributed by atoms with Gasteiger partial charge in [0.15, 0.2) is 0 Å². The lowest BCUT2D eigenvalue weighted by Crippen LogP contribution is -2.39. The summed E-state index contributed by atoms with van der Waals surface area (Å²) in [7, 11) is 1.67. The highest BCUT2D eigenvalue weighted by molar-refractivity contribution is 5.92. The molecular weight excluding hydrogens is 252 g/mol. The van der Waals surface area contributed by atoms with Gasteiger partial charge in [-0.3, -0.25) is 9.78 Å². The molecule has 1 heterocycles. The number of aromatic nitrogens is 1. The molecule has 2 atom stereocenters. The molecule has 0 saturated heterocycles. The van der Waals surface area contributed by atoms with E-state index < -0.39 is 6.10 Å². The summed E-state index contributed by atoms with van der Waals surface area (Å²) in [5.41, 5.74) is 1.17. The fraction of sp³-hybridized carbons (Fsp3) is 0.250. The van der Waals surface area contributed by atoms with E-state index in [0.717, 1.165) is 5.56 Å². The molecule has 1 amide bonds. The van der Waals surface area contributed by atoms with Crippen LogP contribution in [0.25, 0.3) is 0 Å². The maximum Gasteiger partial charge on any atom is 0.272 e. The topological polar surface area (TPSA) is 53.4 Å². The zero-order valence-electron chi connectivity index (χ0n) is 11.6. The van der Waals surface area contributed by atoms with Gasteiger partial charge in [-0.1, -0.05) is 36.4 Å². The minimum atomic E-state index is -0.728. The van der Waals surface area contributed by atoms with E-state index in [-0.39, 0.29) is 11.9 Å². The van der Waals surface area contributed by atoms with E-state index in [1.165, 1.54) is 4.90 Å². The average molecular weight is 270 g/mol. The third kappa shape index (κ3) is 3.03. The number of hydrogen-bond donors (Lipinski definition) is 1. The van der Waals surface area contributed by atoms with Crippen molar-refractivity contribution in [1.29, 1.82) is 0 Å². The van der Waals surface area contributed by atoms with E-state index >= 15 is 0 Å². The Balaban J connectivity index is 2.13. The third-order valence-electron chi connectivity index (χ3n) is 3.41. The molecule has 1 aromatic carbocycles. The fourth-order valence-corrected chi connectivity index (χ4v) is 2.00. The van der Waals surface area contributed by atoms with E-state index in [0.29, 0.717) is 5.69 Å². The van der Waals surface area contributed by atoms with E-state index in [2.05, 4.69) is 4.98 Å². The van der Waals surface area contributed by atoms with E-state index in [1.807, 2.05) is 37.3 Å². The van der Waals surface area contributed by atoms with Crippen LogP contribution in [0.2, 0.25) is 0 Å². The summed E-state index contributed by atoms with van der Waals surface area (Å²) >= 11 is 0. The number of rotatable bonds is 4. The zero-order valence-corrected chi connectivity index (χ0v) is 11.6. The van der Waals surface area contributed by atoms with Crippen LogP contribution in [0, 0.1) is 0 Å². The number of carbonyl (C=O) groups is 1. The molecule has 0 aliphatic carbocycles. The number of hydrogen-bond acceptors (Lipinski definition) is 3. The predicted molar refractivity (Wildman–Crippen MR) is 77.2 cm³/mol. The second-order valence-corrected chi connectivity index (χ2v) is 4.73. The number of likely N-dealkylation sites (N-methyl/N-ethyl adjacent to an activating group) is 1. The number of amides is 1. The molecule has 2 rings (SSSR count). The molecule has 20 heavy (non-hydrogen) atoms. The van der Waals surface area contributed by atoms with E-state index in [4.69, 9.17) is 0 Å². The van der Waals surface area contributed by atoms with Gasteiger partial charge >= 0.3 is 0 Å². The zero-order chi connectivity index (χ0) is 14.5. The van der Waals surface area contributed by atoms with Crippen molar-refractivity contribution in [2.75, 3.05) is 7.05 Å². The summed E-state index contributed by atoms with van der Waals surface area (Å²) in [6, 6.07) is 14.2. The van der Waals surface area contributed by atoms with Gasteiger partial charge in [0.05, 0.1) is 12.1 Å². The molecule has 4 nitrogen and oxygen atoms in total. The minimum Gasteiger partial charge on any atom is -0.386 e. The number of aliphatic hydroxyl groups is 1. The van der Waals surface area contributed by atoms with E-state index in [9.17, 15) is 9.90 Å². The van der Waals surface area contributed by atoms with Crippen molar-refractivity contribution in [3.63, 3.8) is 0 Å². The second kappa shape index (κ2) is 6.30. The standard InChI is InChI=1S/C16H18N2O2/c1-12(15(19)13-8-4-3-5-9-13)18(2)16(20)14-10-6-7-11-17-14/h3-12,15,19H,1-2H3/t12-,15+/m0/s1. The SMILES string of the molecule is C[C@@H]([C@@H](O)c1ccccc1)N(C)C(=O)c1ccccn1. The Morgan fingerprint density at radius 1 is 1.15 bits per heavy atom. The van der Waals surface area contributed by atoms with Crippen LogP contribution in [-0.2, 0) is 0 Å². The lowest BCUT2D eigenvalue weighted by atomic mass is 10.0. The second-order valence-electron chi connectivity index (χ2n) is 4.73. The van der Waals surface area contributed by atoms with Gasteiger partial charge in [0.1, 0.15) is 5.69 Å². The van der Waals surface area contributed by atoms with Crippen molar-refractivity contribution in [2.45, 2.75) is 19.1 Å². The average Bonchev–Trinajstić information content (AvgIpc) is 2.53. The van der Waals surface area contributed by atoms with Crippen LogP contribution < -0.4 is 0 Å². The molecule has 0 fully saturated rings. The van der Waals surface area contributed by atoms with Gasteiger partial charge < -0.3 is 10.0 Å². The molecular formula is C16H18N2O2. The van der Waals surface area contributed by atoms with E-state index in [1.54, 1.807) is 31.4 Å². The van der Waals surface area contributed by atoms with Crippen LogP contribution >= 0.6 is 0 Å². The molecule has 104 valence electrons. The van der Waals surface area contributed by atoms with Crippen LogP contribution in [0.3, 0.4) is 0 Å². The first-order chi connectivity index (χ1) is 9.61. The Morgan fingerprint density at radius 2 is 1.80 bits per heavy atom. The van der Waals surface area contributed by atoms with Crippen molar-refractivity contribution in [3.8, 4) is 0 Å². The third-order valence-corrected chi connectivity index (χ3v) is 3.41. The van der Waals surface area contributed by atoms with Gasteiger partial charge in [0, 0.05) is 13.2 Å². The molecule has 0 spiro atoms. The predicted octanol–water partition coefficient (Wildman–Crippen LogP) is 2.28. The number of carbonyl (C=O) groups excluding carboxylic acids is 1. The van der Waals surface area contributed by atoms with Gasteiger partial charge in [0.2, 0.25) is 0 Å². The number of benzene rings is 1. The summed E-state index contributed by atoms with van der Waals surface area (Å²) in [6.45, 7) is 1.82. The highest BCUT2D eigenvalue weighted by Gasteiger charge is 2.25. The normalized spacial score (nSPS) is 13.6. The maximum absolute atomic E-state index is 12.3. The molecule has 0 aliphatic rings. The molecule has 0 unspecified atom stereocenters. The van der Waals surface area contributed by atoms with Gasteiger partial charge in [0.25, 0.3) is 5.91 Å². The lowest BCUT2D eigenvalue weighted by Gasteiger charge is -2.29. The molecule has 1 N–H and O–H groups in total. The smallest absolute Gasteiger partial charge is 0.272 e. The number of pyridine rings is 1. The first-order valence-electron chi connectivity index (χ1n) is 6.52. The number of nitrogens with zero attached hydrogens (tertiary/aromatic N) is 2. The Kier molecular flexibility index (Phi) is 4.48. The van der Waals surface area contributed by atoms with Crippen molar-refractivity contribution in [2.24, 2.45) is 0 Å². The first-order valence-corrected chi connectivity index (χ1v) is 6.52. The summed E-state index contributed by atoms with van der Waals surface area (Å²) in [6.07, 6.45) is 0.855. The monoisotopic (exact) mass is 270 g/mol. The molecule has 0 bridgehead atoms. The van der Waals surface area contributed by atoms with Crippen molar-refractivity contribution in [1.82, 2.24) is 9.88 Å². The van der Waals surface area contributed by atoms with Crippen molar-refractivity contribution in [3.05, 3.63) is 66.0 Å². The lowest BCUT2D eigenvalue weighted by molar-refractivity contribution is 0.0482. The Bertz CT molecular complexity index is 557. The molecule has 0 radical (unpaired) electrons. The molecule has 1 aromatic heterocycles. The highest BCUT2D eigenvalue weighted by atomic mass is 16.3. The molecule has 4 heteroatoms. The highest BCUT2D eigenvalue weighted by Crippen LogP contribution is 2.20. The Morgan fingerprint density at radius 3 is 2.40 bits per heavy atom. The van der Waals surface area contributed by atoms with Crippen LogP contribution in [0.5, 0.6) is 0 Å². The largest absolute Gasteiger partial charge is 0.386 e. The van der Waals surface area contributed by atoms with Crippen LogP contribution in [-0.4, -0.2) is 34.0 Å². The van der Waals surface area contributed by atoms with Crippen LogP contribution in [0.1, 0.15) is 29.1 Å². The van der Waals surface area contributed by atoms with Gasteiger partial charge in [-0.2, -0.15) is 0 Å². The number of aliphatic hydroxyl groups excluding tert-OH is 1. The summed E-state index contributed by atoms with van der Waals surface area (Å²) < 4.78 is 0. The summed E-state index contributed by atoms with van der Waals surface area (Å²) in [5.74, 6) is -0.201. The van der Waals surface area contributed by atoms with Crippen molar-refractivity contribution < 1.29 is 9.90 Å². The van der Waals surface area contributed by atoms with Gasteiger partial charge in [-0.25, -0.2) is 0 Å². The quantitative estimate of drug-likeness (QED) is 0.927. The molecule has 0 saturated carbocycles. The fourth-order valence-electron chi connectivity index (χ4n) is 2.00. The summed E-state index contributed by atoms with van der Waals surface area (Å²) in [4.78, 5) is 17.8. The van der Waals surface area contributed by atoms with Crippen LogP contribution in [0.15, 0.2) is 54.7 Å². The first kappa shape index (κ1) is 14.2. The maximum atomic E-state index is 12.3. The molecule has 2 aromatic rings. The molecule has 0 aliphatic heterocycles. The minimum absolute atomic E-state index is 0.201. The van der Waals surface area contributed by atoms with Crippen molar-refractivity contribution >= 4 is 5.91 Å². The Labute approximate surface area is 118 Å². The Hall–Kier alpha value is -2.20.